The first-order valence-electron chi connectivity index (χ1n) is 10.3. The van der Waals surface area contributed by atoms with Gasteiger partial charge in [0.2, 0.25) is 5.91 Å². The van der Waals surface area contributed by atoms with Crippen LogP contribution in [0.15, 0.2) is 85.1 Å². The van der Waals surface area contributed by atoms with Gasteiger partial charge in [-0.3, -0.25) is 4.79 Å². The third-order valence-corrected chi connectivity index (χ3v) is 5.48. The van der Waals surface area contributed by atoms with Gasteiger partial charge in [0.05, 0.1) is 17.7 Å². The first-order valence-corrected chi connectivity index (χ1v) is 10.3. The Balaban J connectivity index is 1.51. The predicted octanol–water partition coefficient (Wildman–Crippen LogP) is 4.79. The van der Waals surface area contributed by atoms with Crippen molar-refractivity contribution in [3.8, 4) is 6.07 Å². The fraction of sp³-hybridized carbons (Fsp3) is 0.154. The summed E-state index contributed by atoms with van der Waals surface area (Å²) in [5.41, 5.74) is 4.62. The molecule has 3 N–H and O–H groups in total. The molecule has 2 atom stereocenters. The maximum Gasteiger partial charge on any atom is 0.241 e. The second-order valence-electron chi connectivity index (χ2n) is 7.56. The van der Waals surface area contributed by atoms with E-state index in [9.17, 15) is 4.79 Å². The van der Waals surface area contributed by atoms with Crippen molar-refractivity contribution in [3.63, 3.8) is 0 Å². The lowest BCUT2D eigenvalue weighted by Gasteiger charge is -2.21. The van der Waals surface area contributed by atoms with Crippen LogP contribution in [-0.4, -0.2) is 23.5 Å². The van der Waals surface area contributed by atoms with Crippen LogP contribution in [-0.2, 0) is 4.79 Å². The number of rotatable bonds is 7. The van der Waals surface area contributed by atoms with Crippen LogP contribution < -0.4 is 10.6 Å². The van der Waals surface area contributed by atoms with Crippen LogP contribution in [0.4, 0.5) is 5.69 Å². The second kappa shape index (κ2) is 9.29. The van der Waals surface area contributed by atoms with E-state index in [2.05, 4.69) is 52.1 Å². The van der Waals surface area contributed by atoms with Crippen LogP contribution in [0.5, 0.6) is 0 Å². The number of H-pyrrole nitrogens is 1. The Hall–Kier alpha value is -3.88. The lowest BCUT2D eigenvalue weighted by Crippen LogP contribution is -2.40. The van der Waals surface area contributed by atoms with Crippen LogP contribution in [0, 0.1) is 11.3 Å². The summed E-state index contributed by atoms with van der Waals surface area (Å²) >= 11 is 0. The molecular formula is C26H24N4O. The van der Waals surface area contributed by atoms with Crippen LogP contribution >= 0.6 is 0 Å². The van der Waals surface area contributed by atoms with E-state index in [1.54, 1.807) is 24.3 Å². The van der Waals surface area contributed by atoms with Crippen molar-refractivity contribution in [3.05, 3.63) is 102 Å². The summed E-state index contributed by atoms with van der Waals surface area (Å²) in [6, 6.07) is 27.2. The minimum absolute atomic E-state index is 0.0921. The van der Waals surface area contributed by atoms with E-state index < -0.39 is 6.04 Å². The van der Waals surface area contributed by atoms with E-state index in [4.69, 9.17) is 5.26 Å². The van der Waals surface area contributed by atoms with Crippen LogP contribution in [0.25, 0.3) is 10.9 Å². The molecule has 5 heteroatoms. The topological polar surface area (TPSA) is 80.7 Å². The van der Waals surface area contributed by atoms with E-state index >= 15 is 0 Å². The molecule has 0 spiro atoms. The number of carbonyl (C=O) groups is 1. The molecule has 1 heterocycles. The highest BCUT2D eigenvalue weighted by atomic mass is 16.2. The largest absolute Gasteiger partial charge is 0.361 e. The van der Waals surface area contributed by atoms with Gasteiger partial charge >= 0.3 is 0 Å². The fourth-order valence-corrected chi connectivity index (χ4v) is 3.78. The highest BCUT2D eigenvalue weighted by molar-refractivity contribution is 5.94. The van der Waals surface area contributed by atoms with Gasteiger partial charge in [-0.1, -0.05) is 54.6 Å². The molecular weight excluding hydrogens is 384 g/mol. The summed E-state index contributed by atoms with van der Waals surface area (Å²) in [6.07, 6.45) is 2.06. The summed E-state index contributed by atoms with van der Waals surface area (Å²) in [5, 5.41) is 16.5. The Morgan fingerprint density at radius 1 is 1.03 bits per heavy atom. The van der Waals surface area contributed by atoms with Gasteiger partial charge in [-0.15, -0.1) is 0 Å². The third kappa shape index (κ3) is 4.66. The Morgan fingerprint density at radius 2 is 1.81 bits per heavy atom. The molecule has 0 saturated heterocycles. The number of hydrogen-bond acceptors (Lipinski definition) is 3. The van der Waals surface area contributed by atoms with E-state index in [1.165, 1.54) is 16.5 Å². The number of nitrogens with one attached hydrogen (secondary N) is 3. The molecule has 0 aliphatic heterocycles. The number of carbonyl (C=O) groups excluding carboxylic acids is 1. The molecule has 1 aromatic heterocycles. The van der Waals surface area contributed by atoms with Crippen molar-refractivity contribution < 1.29 is 4.79 Å². The molecule has 0 unspecified atom stereocenters. The molecule has 0 bridgehead atoms. The highest BCUT2D eigenvalue weighted by Gasteiger charge is 2.20. The van der Waals surface area contributed by atoms with Gasteiger partial charge in [-0.2, -0.15) is 5.26 Å². The van der Waals surface area contributed by atoms with Crippen LogP contribution in [0.1, 0.15) is 29.5 Å². The number of nitriles is 1. The van der Waals surface area contributed by atoms with E-state index in [-0.39, 0.29) is 11.8 Å². The van der Waals surface area contributed by atoms with E-state index in [0.29, 0.717) is 17.8 Å². The quantitative estimate of drug-likeness (QED) is 0.411. The van der Waals surface area contributed by atoms with Crippen LogP contribution in [0.3, 0.4) is 0 Å². The Labute approximate surface area is 181 Å². The van der Waals surface area contributed by atoms with Crippen molar-refractivity contribution in [2.75, 3.05) is 11.9 Å². The molecule has 154 valence electrons. The number of nitrogens with zero attached hydrogens (tertiary/aromatic N) is 1. The zero-order valence-electron chi connectivity index (χ0n) is 17.3. The fourth-order valence-electron chi connectivity index (χ4n) is 3.78. The van der Waals surface area contributed by atoms with Gasteiger partial charge in [-0.05, 0) is 42.3 Å². The van der Waals surface area contributed by atoms with Gasteiger partial charge in [0.15, 0.2) is 0 Å². The third-order valence-electron chi connectivity index (χ3n) is 5.48. The van der Waals surface area contributed by atoms with Crippen molar-refractivity contribution >= 4 is 22.5 Å². The van der Waals surface area contributed by atoms with Gasteiger partial charge < -0.3 is 15.6 Å². The minimum atomic E-state index is -0.401. The molecule has 0 aliphatic carbocycles. The maximum absolute atomic E-state index is 12.7. The summed E-state index contributed by atoms with van der Waals surface area (Å²) in [4.78, 5) is 16.1. The highest BCUT2D eigenvalue weighted by Crippen LogP contribution is 2.30. The normalized spacial score (nSPS) is 12.8. The summed E-state index contributed by atoms with van der Waals surface area (Å²) in [7, 11) is 0. The lowest BCUT2D eigenvalue weighted by molar-refractivity contribution is -0.117. The molecule has 0 fully saturated rings. The molecule has 0 aliphatic rings. The Morgan fingerprint density at radius 3 is 2.61 bits per heavy atom. The zero-order valence-corrected chi connectivity index (χ0v) is 17.3. The lowest BCUT2D eigenvalue weighted by atomic mass is 9.90. The molecule has 4 rings (SSSR count). The number of amides is 1. The SMILES string of the molecule is C[C@H](NC[C@@H](c1ccccc1)c1c[nH]c2ccccc12)C(=O)Nc1cccc(C#N)c1. The zero-order chi connectivity index (χ0) is 21.6. The first kappa shape index (κ1) is 20.4. The number of anilines is 1. The van der Waals surface area contributed by atoms with Crippen molar-refractivity contribution in [1.82, 2.24) is 10.3 Å². The Kier molecular flexibility index (Phi) is 6.11. The number of para-hydroxylation sites is 1. The van der Waals surface area contributed by atoms with Gasteiger partial charge in [0.25, 0.3) is 0 Å². The van der Waals surface area contributed by atoms with E-state index in [1.807, 2.05) is 37.3 Å². The standard InChI is InChI=1S/C26H24N4O/c1-18(26(31)30-21-11-7-8-19(14-21)15-27)28-16-23(20-9-3-2-4-10-20)24-17-29-25-13-6-5-12-22(24)25/h2-14,17-18,23,28-29H,16H2,1H3,(H,30,31)/t18-,23-/m0/s1. The average Bonchev–Trinajstić information content (AvgIpc) is 3.24. The number of fused-ring (bicyclic) bond motifs is 1. The number of benzene rings is 3. The molecule has 0 saturated carbocycles. The summed E-state index contributed by atoms with van der Waals surface area (Å²) in [5.74, 6) is -0.0460. The smallest absolute Gasteiger partial charge is 0.241 e. The number of aromatic nitrogens is 1. The minimum Gasteiger partial charge on any atom is -0.361 e. The van der Waals surface area contributed by atoms with Crippen molar-refractivity contribution in [1.29, 1.82) is 5.26 Å². The van der Waals surface area contributed by atoms with E-state index in [0.717, 1.165) is 5.52 Å². The Bertz CT molecular complexity index is 1220. The van der Waals surface area contributed by atoms with Crippen LogP contribution in [0.2, 0.25) is 0 Å². The molecule has 31 heavy (non-hydrogen) atoms. The second-order valence-corrected chi connectivity index (χ2v) is 7.56. The summed E-state index contributed by atoms with van der Waals surface area (Å²) in [6.45, 7) is 2.46. The summed E-state index contributed by atoms with van der Waals surface area (Å²) < 4.78 is 0. The number of aromatic amines is 1. The van der Waals surface area contributed by atoms with Crippen molar-refractivity contribution in [2.24, 2.45) is 0 Å². The predicted molar refractivity (Wildman–Crippen MR) is 124 cm³/mol. The van der Waals surface area contributed by atoms with Crippen molar-refractivity contribution in [2.45, 2.75) is 18.9 Å². The van der Waals surface area contributed by atoms with Gasteiger partial charge in [0.1, 0.15) is 0 Å². The molecule has 5 nitrogen and oxygen atoms in total. The monoisotopic (exact) mass is 408 g/mol. The van der Waals surface area contributed by atoms with Gasteiger partial charge in [0, 0.05) is 35.2 Å². The van der Waals surface area contributed by atoms with Gasteiger partial charge in [-0.25, -0.2) is 0 Å². The average molecular weight is 409 g/mol. The molecule has 1 amide bonds. The molecule has 4 aromatic rings. The molecule has 3 aromatic carbocycles. The molecule has 0 radical (unpaired) electrons. The number of hydrogen-bond donors (Lipinski definition) is 3. The maximum atomic E-state index is 12.7. The first-order chi connectivity index (χ1) is 15.2.